The molecule has 0 spiro atoms. The normalized spacial score (nSPS) is 20.2. The molecule has 1 heterocycles. The summed E-state index contributed by atoms with van der Waals surface area (Å²) < 4.78 is 102. The number of halogens is 7. The molecule has 3 rings (SSSR count). The van der Waals surface area contributed by atoms with Gasteiger partial charge in [0, 0.05) is 7.05 Å². The molecule has 1 amide bonds. The van der Waals surface area contributed by atoms with Crippen LogP contribution in [0.2, 0.25) is 0 Å². The summed E-state index contributed by atoms with van der Waals surface area (Å²) in [6, 6.07) is 5.38. The molecule has 178 valence electrons. The molecule has 0 unspecified atom stereocenters. The molecule has 33 heavy (non-hydrogen) atoms. The highest BCUT2D eigenvalue weighted by Crippen LogP contribution is 2.40. The van der Waals surface area contributed by atoms with Crippen LogP contribution < -0.4 is 0 Å². The third kappa shape index (κ3) is 4.65. The van der Waals surface area contributed by atoms with Gasteiger partial charge in [-0.2, -0.15) is 26.3 Å². The zero-order chi connectivity index (χ0) is 24.8. The minimum Gasteiger partial charge on any atom is -0.374 e. The van der Waals surface area contributed by atoms with Crippen molar-refractivity contribution < 1.29 is 49.8 Å². The van der Waals surface area contributed by atoms with Crippen LogP contribution in [0, 0.1) is 5.82 Å². The molecular formula is C21H16F7NO4. The van der Waals surface area contributed by atoms with Crippen LogP contribution in [0.3, 0.4) is 0 Å². The third-order valence-electron chi connectivity index (χ3n) is 5.31. The second-order valence-corrected chi connectivity index (χ2v) is 7.37. The smallest absolute Gasteiger partial charge is 0.374 e. The number of ether oxygens (including phenoxy) is 2. The molecule has 1 aliphatic heterocycles. The van der Waals surface area contributed by atoms with Gasteiger partial charge in [0.15, 0.2) is 5.54 Å². The maximum Gasteiger partial charge on any atom is 0.418 e. The molecular weight excluding hydrogens is 463 g/mol. The average molecular weight is 479 g/mol. The van der Waals surface area contributed by atoms with Crippen molar-refractivity contribution in [3.63, 3.8) is 0 Å². The van der Waals surface area contributed by atoms with Crippen molar-refractivity contribution in [1.29, 1.82) is 0 Å². The van der Waals surface area contributed by atoms with E-state index in [9.17, 15) is 40.3 Å². The van der Waals surface area contributed by atoms with Crippen molar-refractivity contribution in [2.45, 2.75) is 30.9 Å². The summed E-state index contributed by atoms with van der Waals surface area (Å²) in [5.41, 5.74) is -5.35. The molecule has 2 aromatic carbocycles. The quantitative estimate of drug-likeness (QED) is 0.326. The number of likely N-dealkylation sites (N-methyl/N-ethyl adjacent to an activating group) is 1. The Morgan fingerprint density at radius 1 is 0.970 bits per heavy atom. The van der Waals surface area contributed by atoms with Gasteiger partial charge in [0.1, 0.15) is 5.82 Å². The monoisotopic (exact) mass is 479 g/mol. The Morgan fingerprint density at radius 3 is 1.91 bits per heavy atom. The van der Waals surface area contributed by atoms with Crippen molar-refractivity contribution in [2.24, 2.45) is 0 Å². The number of carbonyl (C=O) groups is 2. The Bertz CT molecular complexity index is 1030. The molecule has 0 saturated carbocycles. The van der Waals surface area contributed by atoms with Crippen LogP contribution in [0.25, 0.3) is 0 Å². The Kier molecular flexibility index (Phi) is 6.18. The van der Waals surface area contributed by atoms with E-state index in [4.69, 9.17) is 4.74 Å². The molecule has 1 aliphatic rings. The second-order valence-electron chi connectivity index (χ2n) is 7.37. The average Bonchev–Trinajstić information content (AvgIpc) is 2.94. The summed E-state index contributed by atoms with van der Waals surface area (Å²) in [6.07, 6.45) is -12.5. The third-order valence-corrected chi connectivity index (χ3v) is 5.31. The Balaban J connectivity index is 1.98. The van der Waals surface area contributed by atoms with E-state index in [1.54, 1.807) is 0 Å². The number of esters is 1. The number of benzene rings is 2. The predicted octanol–water partition coefficient (Wildman–Crippen LogP) is 5.45. The van der Waals surface area contributed by atoms with Gasteiger partial charge in [-0.1, -0.05) is 12.1 Å². The first-order valence-corrected chi connectivity index (χ1v) is 9.33. The number of carbonyl (C=O) groups excluding carboxylic acids is 2. The minimum absolute atomic E-state index is 0.0169. The fraction of sp³-hybridized carbons (Fsp3) is 0.333. The lowest BCUT2D eigenvalue weighted by Crippen LogP contribution is -2.48. The molecule has 0 radical (unpaired) electrons. The number of rotatable bonds is 5. The van der Waals surface area contributed by atoms with Crippen molar-refractivity contribution in [3.05, 3.63) is 70.5 Å². The van der Waals surface area contributed by atoms with Crippen LogP contribution in [0.15, 0.2) is 42.5 Å². The maximum atomic E-state index is 13.4. The van der Waals surface area contributed by atoms with E-state index < -0.39 is 65.2 Å². The van der Waals surface area contributed by atoms with Gasteiger partial charge in [-0.25, -0.2) is 14.0 Å². The van der Waals surface area contributed by atoms with E-state index in [-0.39, 0.29) is 11.6 Å². The number of hydrogen-bond acceptors (Lipinski definition) is 4. The van der Waals surface area contributed by atoms with Crippen LogP contribution in [0.5, 0.6) is 0 Å². The van der Waals surface area contributed by atoms with Gasteiger partial charge in [0.25, 0.3) is 0 Å². The van der Waals surface area contributed by atoms with E-state index in [1.165, 1.54) is 26.1 Å². The minimum atomic E-state index is -5.05. The highest BCUT2D eigenvalue weighted by atomic mass is 19.4. The summed E-state index contributed by atoms with van der Waals surface area (Å²) in [5, 5.41) is 0. The van der Waals surface area contributed by atoms with E-state index in [1.807, 2.05) is 0 Å². The van der Waals surface area contributed by atoms with E-state index in [0.29, 0.717) is 12.1 Å². The van der Waals surface area contributed by atoms with Crippen molar-refractivity contribution in [1.82, 2.24) is 4.90 Å². The molecule has 2 atom stereocenters. The van der Waals surface area contributed by atoms with Gasteiger partial charge < -0.3 is 9.47 Å². The molecule has 2 aromatic rings. The highest BCUT2D eigenvalue weighted by molar-refractivity contribution is 5.99. The van der Waals surface area contributed by atoms with Gasteiger partial charge in [0.05, 0.1) is 23.8 Å². The molecule has 0 N–H and O–H groups in total. The number of alkyl halides is 6. The van der Waals surface area contributed by atoms with Crippen LogP contribution in [-0.4, -0.2) is 30.6 Å². The predicted molar refractivity (Wildman–Crippen MR) is 98.1 cm³/mol. The van der Waals surface area contributed by atoms with Crippen molar-refractivity contribution in [3.8, 4) is 0 Å². The maximum absolute atomic E-state index is 13.4. The van der Waals surface area contributed by atoms with Crippen LogP contribution in [0.4, 0.5) is 35.5 Å². The van der Waals surface area contributed by atoms with Crippen LogP contribution in [0.1, 0.15) is 35.3 Å². The first-order valence-electron chi connectivity index (χ1n) is 9.33. The van der Waals surface area contributed by atoms with Gasteiger partial charge >= 0.3 is 24.4 Å². The van der Waals surface area contributed by atoms with Gasteiger partial charge in [-0.3, -0.25) is 4.90 Å². The number of amides is 1. The summed E-state index contributed by atoms with van der Waals surface area (Å²) in [7, 11) is 1.19. The Hall–Kier alpha value is -3.15. The zero-order valence-corrected chi connectivity index (χ0v) is 17.1. The molecule has 1 saturated heterocycles. The van der Waals surface area contributed by atoms with Crippen molar-refractivity contribution >= 4 is 12.1 Å². The molecule has 12 heteroatoms. The molecule has 0 aromatic heterocycles. The van der Waals surface area contributed by atoms with Gasteiger partial charge in [0.2, 0.25) is 0 Å². The first-order chi connectivity index (χ1) is 15.2. The topological polar surface area (TPSA) is 55.8 Å². The lowest BCUT2D eigenvalue weighted by molar-refractivity contribution is -0.145. The zero-order valence-electron chi connectivity index (χ0n) is 17.1. The number of hydrogen-bond donors (Lipinski definition) is 0. The van der Waals surface area contributed by atoms with Gasteiger partial charge in [-0.05, 0) is 48.4 Å². The van der Waals surface area contributed by atoms with E-state index in [2.05, 4.69) is 4.74 Å². The number of cyclic esters (lactones) is 2. The highest BCUT2D eigenvalue weighted by Gasteiger charge is 2.55. The van der Waals surface area contributed by atoms with Crippen LogP contribution in [-0.2, 0) is 32.2 Å². The number of nitrogens with zero attached hydrogens (tertiary/aromatic N) is 1. The molecule has 1 fully saturated rings. The van der Waals surface area contributed by atoms with E-state index >= 15 is 0 Å². The lowest BCUT2D eigenvalue weighted by Gasteiger charge is -2.32. The molecule has 0 bridgehead atoms. The molecule has 0 aliphatic carbocycles. The molecule has 5 nitrogen and oxygen atoms in total. The van der Waals surface area contributed by atoms with Crippen LogP contribution >= 0.6 is 0 Å². The Labute approximate surface area is 182 Å². The summed E-state index contributed by atoms with van der Waals surface area (Å²) in [6.45, 7) is 0.509. The summed E-state index contributed by atoms with van der Waals surface area (Å²) >= 11 is 0. The standard InChI is InChI=1S/C21H16F7NO4/c1-11(12-7-14(20(23,24)25)9-15(8-12)21(26,27)28)32-10-19(13-3-5-16(22)6-4-13)17(30)33-18(31)29(19)2/h3-9,11H,10H2,1-2H3/t11-,19-/m1/s1. The van der Waals surface area contributed by atoms with Gasteiger partial charge in [-0.15, -0.1) is 0 Å². The van der Waals surface area contributed by atoms with Crippen molar-refractivity contribution in [2.75, 3.05) is 13.7 Å². The fourth-order valence-corrected chi connectivity index (χ4v) is 3.36. The first kappa shape index (κ1) is 24.5. The summed E-state index contributed by atoms with van der Waals surface area (Å²) in [4.78, 5) is 25.4. The fourth-order valence-electron chi connectivity index (χ4n) is 3.36. The lowest BCUT2D eigenvalue weighted by atomic mass is 9.90. The SMILES string of the molecule is C[C@@H](OC[C@@]1(c2ccc(F)cc2)C(=O)OC(=O)N1C)c1cc(C(F)(F)F)cc(C(F)(F)F)c1. The van der Waals surface area contributed by atoms with E-state index in [0.717, 1.165) is 17.0 Å². The summed E-state index contributed by atoms with van der Waals surface area (Å²) in [5.74, 6) is -1.74. The largest absolute Gasteiger partial charge is 0.418 e. The second kappa shape index (κ2) is 8.32. The Morgan fingerprint density at radius 2 is 1.48 bits per heavy atom.